The lowest BCUT2D eigenvalue weighted by Crippen LogP contribution is -2.39. The average molecular weight is 228 g/mol. The highest BCUT2D eigenvalue weighted by molar-refractivity contribution is 4.83. The van der Waals surface area contributed by atoms with Crippen LogP contribution in [0.2, 0.25) is 0 Å². The topological polar surface area (TPSA) is 15.7 Å². The summed E-state index contributed by atoms with van der Waals surface area (Å²) in [6, 6.07) is 0.654. The zero-order chi connectivity index (χ0) is 12.2. The second kappa shape index (κ2) is 5.99. The third kappa shape index (κ3) is 4.40. The smallest absolute Gasteiger partial charge is 0.0589 e. The molecular weight excluding hydrogens is 200 g/mol. The summed E-state index contributed by atoms with van der Waals surface area (Å²) >= 11 is 0. The van der Waals surface area contributed by atoms with E-state index in [0.717, 1.165) is 13.2 Å². The van der Waals surface area contributed by atoms with Gasteiger partial charge in [-0.05, 0) is 19.3 Å². The van der Waals surface area contributed by atoms with Gasteiger partial charge in [0.2, 0.25) is 0 Å². The molecule has 0 amide bonds. The Bertz CT molecular complexity index is 204. The van der Waals surface area contributed by atoms with Gasteiger partial charge in [0.05, 0.1) is 6.61 Å². The van der Waals surface area contributed by atoms with E-state index in [-0.39, 0.29) is 0 Å². The summed E-state index contributed by atoms with van der Waals surface area (Å²) < 4.78 is 5.17. The van der Waals surface area contributed by atoms with Crippen molar-refractivity contribution in [2.75, 3.05) is 46.4 Å². The van der Waals surface area contributed by atoms with Crippen LogP contribution in [-0.2, 0) is 4.74 Å². The first kappa shape index (κ1) is 13.9. The summed E-state index contributed by atoms with van der Waals surface area (Å²) in [6.45, 7) is 16.0. The molecule has 1 aliphatic rings. The highest BCUT2D eigenvalue weighted by Gasteiger charge is 2.29. The predicted molar refractivity (Wildman–Crippen MR) is 68.8 cm³/mol. The summed E-state index contributed by atoms with van der Waals surface area (Å²) in [5.41, 5.74) is 0.383. The maximum absolute atomic E-state index is 5.17. The fourth-order valence-corrected chi connectivity index (χ4v) is 2.49. The Hall–Kier alpha value is -0.120. The van der Waals surface area contributed by atoms with Gasteiger partial charge in [0, 0.05) is 45.9 Å². The van der Waals surface area contributed by atoms with Crippen molar-refractivity contribution in [2.45, 2.75) is 33.7 Å². The Morgan fingerprint density at radius 1 is 1.19 bits per heavy atom. The molecule has 0 aromatic carbocycles. The van der Waals surface area contributed by atoms with Crippen LogP contribution in [0.3, 0.4) is 0 Å². The van der Waals surface area contributed by atoms with Gasteiger partial charge in [0.25, 0.3) is 0 Å². The molecule has 96 valence electrons. The van der Waals surface area contributed by atoms with Crippen molar-refractivity contribution in [3.05, 3.63) is 0 Å². The first-order chi connectivity index (χ1) is 7.44. The van der Waals surface area contributed by atoms with Crippen molar-refractivity contribution in [3.63, 3.8) is 0 Å². The minimum Gasteiger partial charge on any atom is -0.383 e. The molecule has 0 aliphatic carbocycles. The molecule has 0 N–H and O–H groups in total. The molecular formula is C13H28N2O. The van der Waals surface area contributed by atoms with Crippen LogP contribution in [0.1, 0.15) is 27.7 Å². The van der Waals surface area contributed by atoms with E-state index in [0.29, 0.717) is 11.5 Å². The van der Waals surface area contributed by atoms with E-state index in [9.17, 15) is 0 Å². The van der Waals surface area contributed by atoms with Crippen LogP contribution in [0.25, 0.3) is 0 Å². The van der Waals surface area contributed by atoms with Gasteiger partial charge < -0.3 is 4.74 Å². The van der Waals surface area contributed by atoms with Crippen LogP contribution in [0, 0.1) is 5.41 Å². The summed E-state index contributed by atoms with van der Waals surface area (Å²) in [6.07, 6.45) is 0. The minimum atomic E-state index is 0.383. The minimum absolute atomic E-state index is 0.383. The van der Waals surface area contributed by atoms with Crippen LogP contribution in [0.5, 0.6) is 0 Å². The summed E-state index contributed by atoms with van der Waals surface area (Å²) in [5.74, 6) is 0. The highest BCUT2D eigenvalue weighted by Crippen LogP contribution is 2.22. The first-order valence-electron chi connectivity index (χ1n) is 6.40. The molecule has 0 bridgehead atoms. The quantitative estimate of drug-likeness (QED) is 0.728. The maximum atomic E-state index is 5.17. The number of rotatable bonds is 4. The number of ether oxygens (including phenoxy) is 1. The maximum Gasteiger partial charge on any atom is 0.0589 e. The lowest BCUT2D eigenvalue weighted by molar-refractivity contribution is 0.129. The van der Waals surface area contributed by atoms with E-state index < -0.39 is 0 Å². The van der Waals surface area contributed by atoms with Crippen molar-refractivity contribution >= 4 is 0 Å². The summed E-state index contributed by atoms with van der Waals surface area (Å²) in [4.78, 5) is 5.12. The van der Waals surface area contributed by atoms with Crippen molar-refractivity contribution < 1.29 is 4.74 Å². The van der Waals surface area contributed by atoms with E-state index >= 15 is 0 Å². The van der Waals surface area contributed by atoms with Gasteiger partial charge >= 0.3 is 0 Å². The molecule has 1 saturated heterocycles. The number of hydrogen-bond donors (Lipinski definition) is 0. The summed E-state index contributed by atoms with van der Waals surface area (Å²) in [7, 11) is 1.78. The predicted octanol–water partition coefficient (Wildman–Crippen LogP) is 1.68. The zero-order valence-corrected chi connectivity index (χ0v) is 11.6. The molecule has 1 aliphatic heterocycles. The average Bonchev–Trinajstić information content (AvgIpc) is 2.33. The lowest BCUT2D eigenvalue weighted by Gasteiger charge is -2.32. The van der Waals surface area contributed by atoms with Gasteiger partial charge in [-0.1, -0.05) is 13.8 Å². The van der Waals surface area contributed by atoms with Crippen LogP contribution in [-0.4, -0.2) is 62.3 Å². The molecule has 3 heteroatoms. The molecule has 3 nitrogen and oxygen atoms in total. The molecule has 16 heavy (non-hydrogen) atoms. The molecule has 0 aromatic rings. The van der Waals surface area contributed by atoms with E-state index in [1.54, 1.807) is 7.11 Å². The van der Waals surface area contributed by atoms with Gasteiger partial charge in [-0.15, -0.1) is 0 Å². The molecule has 0 radical (unpaired) electrons. The largest absolute Gasteiger partial charge is 0.383 e. The van der Waals surface area contributed by atoms with E-state index in [4.69, 9.17) is 4.74 Å². The summed E-state index contributed by atoms with van der Waals surface area (Å²) in [5, 5.41) is 0. The Kier molecular flexibility index (Phi) is 5.22. The van der Waals surface area contributed by atoms with Crippen LogP contribution in [0.15, 0.2) is 0 Å². The third-order valence-corrected chi connectivity index (χ3v) is 3.33. The second-order valence-electron chi connectivity index (χ2n) is 6.00. The van der Waals surface area contributed by atoms with Crippen LogP contribution in [0.4, 0.5) is 0 Å². The van der Waals surface area contributed by atoms with Gasteiger partial charge in [0.15, 0.2) is 0 Å². The van der Waals surface area contributed by atoms with Crippen LogP contribution < -0.4 is 0 Å². The Morgan fingerprint density at radius 3 is 2.44 bits per heavy atom. The second-order valence-corrected chi connectivity index (χ2v) is 6.00. The molecule has 0 unspecified atom stereocenters. The molecule has 1 fully saturated rings. The molecule has 0 atom stereocenters. The number of methoxy groups -OCH3 is 1. The van der Waals surface area contributed by atoms with E-state index in [1.165, 1.54) is 26.2 Å². The molecule has 0 spiro atoms. The molecule has 0 saturated carbocycles. The zero-order valence-electron chi connectivity index (χ0n) is 11.6. The van der Waals surface area contributed by atoms with Gasteiger partial charge in [0.1, 0.15) is 0 Å². The van der Waals surface area contributed by atoms with Gasteiger partial charge in [-0.3, -0.25) is 9.80 Å². The third-order valence-electron chi connectivity index (χ3n) is 3.33. The number of hydrogen-bond acceptors (Lipinski definition) is 3. The van der Waals surface area contributed by atoms with Crippen LogP contribution >= 0.6 is 0 Å². The molecule has 1 rings (SSSR count). The fraction of sp³-hybridized carbons (Fsp3) is 1.00. The first-order valence-corrected chi connectivity index (χ1v) is 6.40. The standard InChI is InChI=1S/C13H28N2O/c1-12(2)15-7-6-14(8-9-16-5)10-13(3,4)11-15/h12H,6-11H2,1-5H3. The highest BCUT2D eigenvalue weighted by atomic mass is 16.5. The van der Waals surface area contributed by atoms with Gasteiger partial charge in [-0.25, -0.2) is 0 Å². The van der Waals surface area contributed by atoms with E-state index in [1.807, 2.05) is 0 Å². The normalized spacial score (nSPS) is 23.6. The Balaban J connectivity index is 2.55. The SMILES string of the molecule is COCCN1CCN(C(C)C)CC(C)(C)C1. The Morgan fingerprint density at radius 2 is 1.88 bits per heavy atom. The van der Waals surface area contributed by atoms with Crippen molar-refractivity contribution in [1.82, 2.24) is 9.80 Å². The molecule has 1 heterocycles. The van der Waals surface area contributed by atoms with Gasteiger partial charge in [-0.2, -0.15) is 0 Å². The fourth-order valence-electron chi connectivity index (χ4n) is 2.49. The molecule has 0 aromatic heterocycles. The monoisotopic (exact) mass is 228 g/mol. The van der Waals surface area contributed by atoms with Crippen molar-refractivity contribution in [3.8, 4) is 0 Å². The lowest BCUT2D eigenvalue weighted by atomic mass is 9.92. The van der Waals surface area contributed by atoms with Crippen molar-refractivity contribution in [2.24, 2.45) is 5.41 Å². The van der Waals surface area contributed by atoms with E-state index in [2.05, 4.69) is 37.5 Å². The van der Waals surface area contributed by atoms with Crippen molar-refractivity contribution in [1.29, 1.82) is 0 Å². The Labute approximate surface area is 101 Å². The number of nitrogens with zero attached hydrogens (tertiary/aromatic N) is 2.